The largest absolute Gasteiger partial charge is 0.573 e. The van der Waals surface area contributed by atoms with Gasteiger partial charge in [-0.15, -0.1) is 24.9 Å². The first-order valence-corrected chi connectivity index (χ1v) is 16.4. The molecule has 2 atom stereocenters. The predicted octanol–water partition coefficient (Wildman–Crippen LogP) is 8.07. The zero-order valence-electron chi connectivity index (χ0n) is 26.9. The van der Waals surface area contributed by atoms with Gasteiger partial charge in [-0.25, -0.2) is 14.2 Å². The van der Waals surface area contributed by atoms with Gasteiger partial charge in [0, 0.05) is 31.4 Å². The van der Waals surface area contributed by atoms with Crippen molar-refractivity contribution in [2.45, 2.75) is 57.3 Å². The second-order valence-corrected chi connectivity index (χ2v) is 12.7. The molecule has 3 aromatic rings. The fourth-order valence-corrected chi connectivity index (χ4v) is 6.30. The first-order chi connectivity index (χ1) is 22.3. The van der Waals surface area contributed by atoms with E-state index in [0.29, 0.717) is 30.1 Å². The monoisotopic (exact) mass is 672 g/mol. The van der Waals surface area contributed by atoms with Gasteiger partial charge in [0.15, 0.2) is 11.3 Å². The molecule has 1 saturated heterocycles. The number of carbonyl (C=O) groups excluding carboxylic acids is 1. The van der Waals surface area contributed by atoms with Gasteiger partial charge >= 0.3 is 12.4 Å². The molecule has 2 unspecified atom stereocenters. The third kappa shape index (κ3) is 10.1. The number of hydrazone groups is 1. The SMILES string of the molecule is C=N/C(=N\N(C)c1ccc(OC(F)(F)F)cc1)c1ccc(C(C)CCNC(=O)NC2SCCCN2c2ccc(F)cc2C(C)C)cc1. The Hall–Kier alpha value is -4.26. The van der Waals surface area contributed by atoms with Crippen LogP contribution in [0.3, 0.4) is 0 Å². The van der Waals surface area contributed by atoms with Crippen molar-refractivity contribution in [3.05, 3.63) is 89.2 Å². The number of aliphatic imine (C=N–C) groups is 1. The van der Waals surface area contributed by atoms with Gasteiger partial charge < -0.3 is 20.3 Å². The molecule has 1 fully saturated rings. The number of halogens is 4. The molecule has 13 heteroatoms. The number of ether oxygens (including phenoxy) is 1. The Morgan fingerprint density at radius 1 is 1.11 bits per heavy atom. The molecule has 0 bridgehead atoms. The second-order valence-electron chi connectivity index (χ2n) is 11.5. The summed E-state index contributed by atoms with van der Waals surface area (Å²) in [6, 6.07) is 17.6. The van der Waals surface area contributed by atoms with Crippen molar-refractivity contribution in [2.75, 3.05) is 35.8 Å². The molecule has 1 heterocycles. The lowest BCUT2D eigenvalue weighted by Crippen LogP contribution is -2.52. The number of nitrogens with one attached hydrogen (secondary N) is 2. The minimum Gasteiger partial charge on any atom is -0.406 e. The lowest BCUT2D eigenvalue weighted by molar-refractivity contribution is -0.274. The van der Waals surface area contributed by atoms with E-state index in [1.54, 1.807) is 30.9 Å². The first-order valence-electron chi connectivity index (χ1n) is 15.3. The molecule has 1 aliphatic rings. The minimum absolute atomic E-state index is 0.141. The van der Waals surface area contributed by atoms with Crippen LogP contribution in [0, 0.1) is 5.82 Å². The van der Waals surface area contributed by atoms with Crippen LogP contribution in [0.15, 0.2) is 76.8 Å². The molecule has 4 rings (SSSR count). The van der Waals surface area contributed by atoms with Gasteiger partial charge in [-0.3, -0.25) is 5.01 Å². The highest BCUT2D eigenvalue weighted by Gasteiger charge is 2.31. The van der Waals surface area contributed by atoms with Crippen LogP contribution in [0.1, 0.15) is 62.1 Å². The molecule has 3 aromatic carbocycles. The summed E-state index contributed by atoms with van der Waals surface area (Å²) in [4.78, 5) is 19.1. The maximum atomic E-state index is 14.0. The van der Waals surface area contributed by atoms with Gasteiger partial charge in [-0.1, -0.05) is 45.0 Å². The maximum Gasteiger partial charge on any atom is 0.573 e. The standard InChI is InChI=1S/C34H40F4N6O2S/c1-22(2)29-21-26(35)11-16-30(29)44-19-6-20-47-33(44)41-32(45)40-18-17-23(3)24-7-9-25(10-8-24)31(39-4)42-43(5)27-12-14-28(15-13-27)46-34(36,37)38/h7-16,21-23,33H,4,6,17-20H2,1-3,5H3,(H2,40,41,45)/b42-31-. The fraction of sp³-hybridized carbons (Fsp3) is 0.382. The molecule has 8 nitrogen and oxygen atoms in total. The first kappa shape index (κ1) is 35.6. The Morgan fingerprint density at radius 2 is 1.81 bits per heavy atom. The predicted molar refractivity (Wildman–Crippen MR) is 182 cm³/mol. The molecule has 2 amide bonds. The van der Waals surface area contributed by atoms with E-state index in [2.05, 4.69) is 44.0 Å². The van der Waals surface area contributed by atoms with Gasteiger partial charge in [0.25, 0.3) is 0 Å². The summed E-state index contributed by atoms with van der Waals surface area (Å²) in [6.07, 6.45) is -3.08. The summed E-state index contributed by atoms with van der Waals surface area (Å²) < 4.78 is 55.3. The minimum atomic E-state index is -4.76. The smallest absolute Gasteiger partial charge is 0.406 e. The highest BCUT2D eigenvalue weighted by Crippen LogP contribution is 2.34. The molecule has 0 spiro atoms. The topological polar surface area (TPSA) is 81.6 Å². The molecule has 2 N–H and O–H groups in total. The quantitative estimate of drug-likeness (QED) is 0.0933. The summed E-state index contributed by atoms with van der Waals surface area (Å²) in [7, 11) is 1.65. The third-order valence-corrected chi connectivity index (χ3v) is 8.93. The number of amidine groups is 1. The number of anilines is 2. The number of thioether (sulfide) groups is 1. The molecule has 0 aliphatic carbocycles. The molecule has 1 aliphatic heterocycles. The number of hydrogen-bond acceptors (Lipinski definition) is 6. The van der Waals surface area contributed by atoms with E-state index in [4.69, 9.17) is 0 Å². The molecular weight excluding hydrogens is 632 g/mol. The van der Waals surface area contributed by atoms with Crippen molar-refractivity contribution >= 4 is 41.7 Å². The average molecular weight is 673 g/mol. The molecule has 47 heavy (non-hydrogen) atoms. The van der Waals surface area contributed by atoms with E-state index >= 15 is 0 Å². The Labute approximate surface area is 277 Å². The number of nitrogens with zero attached hydrogens (tertiary/aromatic N) is 4. The van der Waals surface area contributed by atoms with Crippen LogP contribution in [0.5, 0.6) is 5.75 Å². The van der Waals surface area contributed by atoms with Crippen molar-refractivity contribution in [1.82, 2.24) is 10.6 Å². The van der Waals surface area contributed by atoms with Gasteiger partial charge in [-0.2, -0.15) is 5.10 Å². The summed E-state index contributed by atoms with van der Waals surface area (Å²) in [5.74, 6) is 0.967. The molecule has 0 aromatic heterocycles. The van der Waals surface area contributed by atoms with Crippen LogP contribution in [-0.4, -0.2) is 56.3 Å². The summed E-state index contributed by atoms with van der Waals surface area (Å²) in [6.45, 7) is 11.0. The van der Waals surface area contributed by atoms with Crippen LogP contribution in [0.4, 0.5) is 33.7 Å². The van der Waals surface area contributed by atoms with E-state index in [9.17, 15) is 22.4 Å². The van der Waals surface area contributed by atoms with E-state index in [1.165, 1.54) is 35.3 Å². The Balaban J connectivity index is 1.30. The Bertz CT molecular complexity index is 1530. The molecular formula is C34H40F4N6O2S. The highest BCUT2D eigenvalue weighted by atomic mass is 32.2. The normalized spacial score (nSPS) is 16.1. The van der Waals surface area contributed by atoms with E-state index in [1.807, 2.05) is 38.1 Å². The van der Waals surface area contributed by atoms with Crippen molar-refractivity contribution in [2.24, 2.45) is 10.1 Å². The summed E-state index contributed by atoms with van der Waals surface area (Å²) >= 11 is 1.66. The summed E-state index contributed by atoms with van der Waals surface area (Å²) in [5.41, 5.74) is 3.92. The average Bonchev–Trinajstić information content (AvgIpc) is 3.03. The van der Waals surface area contributed by atoms with Crippen LogP contribution in [-0.2, 0) is 0 Å². The van der Waals surface area contributed by atoms with Crippen LogP contribution in [0.25, 0.3) is 0 Å². The van der Waals surface area contributed by atoms with E-state index < -0.39 is 6.36 Å². The van der Waals surface area contributed by atoms with Crippen LogP contribution in [0.2, 0.25) is 0 Å². The molecule has 252 valence electrons. The second kappa shape index (κ2) is 16.0. The zero-order valence-corrected chi connectivity index (χ0v) is 27.7. The molecule has 0 saturated carbocycles. The zero-order chi connectivity index (χ0) is 34.1. The van der Waals surface area contributed by atoms with E-state index in [-0.39, 0.29) is 34.9 Å². The number of hydrogen-bond donors (Lipinski definition) is 2. The van der Waals surface area contributed by atoms with Crippen molar-refractivity contribution < 1.29 is 27.1 Å². The lowest BCUT2D eigenvalue weighted by atomic mass is 9.96. The fourth-order valence-electron chi connectivity index (χ4n) is 5.19. The number of urea groups is 1. The molecule has 0 radical (unpaired) electrons. The maximum absolute atomic E-state index is 14.0. The number of benzene rings is 3. The summed E-state index contributed by atoms with van der Waals surface area (Å²) in [5, 5.41) is 12.0. The Kier molecular flexibility index (Phi) is 12.1. The van der Waals surface area contributed by atoms with Crippen LogP contribution >= 0.6 is 11.8 Å². The number of rotatable bonds is 11. The van der Waals surface area contributed by atoms with E-state index in [0.717, 1.165) is 35.5 Å². The number of alkyl halides is 3. The lowest BCUT2D eigenvalue weighted by Gasteiger charge is -2.38. The van der Waals surface area contributed by atoms with Crippen molar-refractivity contribution in [1.29, 1.82) is 0 Å². The van der Waals surface area contributed by atoms with Gasteiger partial charge in [0.2, 0.25) is 0 Å². The number of amides is 2. The highest BCUT2D eigenvalue weighted by molar-refractivity contribution is 8.00. The Morgan fingerprint density at radius 3 is 2.45 bits per heavy atom. The van der Waals surface area contributed by atoms with Gasteiger partial charge in [-0.05, 0) is 90.7 Å². The number of carbonyl (C=O) groups is 1. The van der Waals surface area contributed by atoms with Gasteiger partial charge in [0.05, 0.1) is 5.69 Å². The van der Waals surface area contributed by atoms with Crippen molar-refractivity contribution in [3.63, 3.8) is 0 Å². The van der Waals surface area contributed by atoms with Crippen molar-refractivity contribution in [3.8, 4) is 5.75 Å². The third-order valence-electron chi connectivity index (χ3n) is 7.72. The van der Waals surface area contributed by atoms with Crippen LogP contribution < -0.4 is 25.3 Å². The van der Waals surface area contributed by atoms with Gasteiger partial charge in [0.1, 0.15) is 11.6 Å².